The van der Waals surface area contributed by atoms with Gasteiger partial charge in [0.25, 0.3) is 0 Å². The summed E-state index contributed by atoms with van der Waals surface area (Å²) in [5, 5.41) is 4.81. The number of rotatable bonds is 2. The number of hydrogen-bond donors (Lipinski definition) is 1. The normalized spacial score (nSPS) is 11.8. The predicted octanol–water partition coefficient (Wildman–Crippen LogP) is 5.55. The standard InChI is InChI=1S/C19H12F3N3/c20-19(21,22)13-5-6-15-17(7-8-23-18(15)10-13)25-14-9-12-3-1-2-4-16(12)24-11-14/h1-11H,(H,23,25). The highest BCUT2D eigenvalue weighted by Gasteiger charge is 2.30. The maximum atomic E-state index is 12.9. The average Bonchev–Trinajstić information content (AvgIpc) is 2.61. The molecule has 0 aliphatic rings. The van der Waals surface area contributed by atoms with E-state index in [0.717, 1.165) is 28.7 Å². The molecule has 1 N–H and O–H groups in total. The van der Waals surface area contributed by atoms with Crippen LogP contribution in [0.25, 0.3) is 21.8 Å². The Labute approximate surface area is 141 Å². The van der Waals surface area contributed by atoms with Gasteiger partial charge in [0.1, 0.15) is 0 Å². The molecule has 0 saturated carbocycles. The molecule has 0 radical (unpaired) electrons. The topological polar surface area (TPSA) is 37.8 Å². The van der Waals surface area contributed by atoms with Crippen molar-refractivity contribution < 1.29 is 13.2 Å². The van der Waals surface area contributed by atoms with Crippen molar-refractivity contribution in [2.45, 2.75) is 6.18 Å². The van der Waals surface area contributed by atoms with Gasteiger partial charge in [-0.05, 0) is 30.3 Å². The lowest BCUT2D eigenvalue weighted by molar-refractivity contribution is -0.137. The summed E-state index contributed by atoms with van der Waals surface area (Å²) in [6, 6.07) is 14.9. The van der Waals surface area contributed by atoms with Gasteiger partial charge in [0.2, 0.25) is 0 Å². The Kier molecular flexibility index (Phi) is 3.53. The molecule has 0 bridgehead atoms. The fourth-order valence-corrected chi connectivity index (χ4v) is 2.73. The van der Waals surface area contributed by atoms with E-state index in [1.165, 1.54) is 12.3 Å². The molecule has 4 aromatic rings. The van der Waals surface area contributed by atoms with Crippen molar-refractivity contribution in [3.63, 3.8) is 0 Å². The van der Waals surface area contributed by atoms with Crippen LogP contribution in [0.4, 0.5) is 24.5 Å². The molecule has 0 spiro atoms. The fourth-order valence-electron chi connectivity index (χ4n) is 2.73. The fraction of sp³-hybridized carbons (Fsp3) is 0.0526. The third-order valence-corrected chi connectivity index (χ3v) is 3.94. The van der Waals surface area contributed by atoms with Crippen molar-refractivity contribution in [1.82, 2.24) is 9.97 Å². The van der Waals surface area contributed by atoms with Gasteiger partial charge in [-0.15, -0.1) is 0 Å². The number of hydrogen-bond acceptors (Lipinski definition) is 3. The minimum absolute atomic E-state index is 0.286. The molecule has 2 heterocycles. The quantitative estimate of drug-likeness (QED) is 0.521. The van der Waals surface area contributed by atoms with Gasteiger partial charge >= 0.3 is 6.18 Å². The van der Waals surface area contributed by atoms with E-state index in [9.17, 15) is 13.2 Å². The highest BCUT2D eigenvalue weighted by molar-refractivity contribution is 5.94. The Balaban J connectivity index is 1.75. The second kappa shape index (κ2) is 5.73. The van der Waals surface area contributed by atoms with Crippen LogP contribution in [0.15, 0.2) is 67.0 Å². The monoisotopic (exact) mass is 339 g/mol. The number of alkyl halides is 3. The van der Waals surface area contributed by atoms with E-state index in [1.807, 2.05) is 30.3 Å². The number of pyridine rings is 2. The van der Waals surface area contributed by atoms with Crippen molar-refractivity contribution in [3.8, 4) is 0 Å². The molecular formula is C19H12F3N3. The molecule has 4 rings (SSSR count). The summed E-state index contributed by atoms with van der Waals surface area (Å²) >= 11 is 0. The smallest absolute Gasteiger partial charge is 0.354 e. The van der Waals surface area contributed by atoms with Crippen LogP contribution in [0, 0.1) is 0 Å². The molecule has 6 heteroatoms. The van der Waals surface area contributed by atoms with E-state index in [2.05, 4.69) is 15.3 Å². The van der Waals surface area contributed by atoms with Crippen molar-refractivity contribution >= 4 is 33.2 Å². The van der Waals surface area contributed by atoms with Crippen molar-refractivity contribution in [3.05, 3.63) is 72.6 Å². The summed E-state index contributed by atoms with van der Waals surface area (Å²) in [6.45, 7) is 0. The average molecular weight is 339 g/mol. The Hall–Kier alpha value is -3.15. The van der Waals surface area contributed by atoms with Crippen molar-refractivity contribution in [1.29, 1.82) is 0 Å². The van der Waals surface area contributed by atoms with E-state index in [0.29, 0.717) is 11.1 Å². The molecule has 2 aromatic carbocycles. The van der Waals surface area contributed by atoms with E-state index in [1.54, 1.807) is 12.3 Å². The zero-order valence-corrected chi connectivity index (χ0v) is 12.9. The molecule has 0 fully saturated rings. The van der Waals surface area contributed by atoms with Crippen LogP contribution in [0.1, 0.15) is 5.56 Å². The second-order valence-corrected chi connectivity index (χ2v) is 5.63. The number of nitrogens with zero attached hydrogens (tertiary/aromatic N) is 2. The molecule has 3 nitrogen and oxygen atoms in total. The molecule has 124 valence electrons. The molecule has 0 atom stereocenters. The van der Waals surface area contributed by atoms with Gasteiger partial charge in [0, 0.05) is 22.7 Å². The molecular weight excluding hydrogens is 327 g/mol. The van der Waals surface area contributed by atoms with Crippen LogP contribution >= 0.6 is 0 Å². The summed E-state index contributed by atoms with van der Waals surface area (Å²) in [6.07, 6.45) is -1.21. The number of para-hydroxylation sites is 1. The lowest BCUT2D eigenvalue weighted by Crippen LogP contribution is -2.04. The molecule has 0 aliphatic carbocycles. The second-order valence-electron chi connectivity index (χ2n) is 5.63. The maximum absolute atomic E-state index is 12.9. The van der Waals surface area contributed by atoms with Crippen molar-refractivity contribution in [2.24, 2.45) is 0 Å². The number of halogens is 3. The van der Waals surface area contributed by atoms with Crippen LogP contribution in [-0.4, -0.2) is 9.97 Å². The Morgan fingerprint density at radius 3 is 2.52 bits per heavy atom. The highest BCUT2D eigenvalue weighted by atomic mass is 19.4. The predicted molar refractivity (Wildman–Crippen MR) is 91.8 cm³/mol. The molecule has 2 aromatic heterocycles. The van der Waals surface area contributed by atoms with Crippen LogP contribution in [0.5, 0.6) is 0 Å². The number of nitrogens with one attached hydrogen (secondary N) is 1. The first-order valence-corrected chi connectivity index (χ1v) is 7.58. The van der Waals surface area contributed by atoms with Crippen LogP contribution < -0.4 is 5.32 Å². The first kappa shape index (κ1) is 15.4. The van der Waals surface area contributed by atoms with Crippen LogP contribution in [0.3, 0.4) is 0 Å². The lowest BCUT2D eigenvalue weighted by Gasteiger charge is -2.12. The first-order chi connectivity index (χ1) is 12.0. The third-order valence-electron chi connectivity index (χ3n) is 3.94. The zero-order valence-electron chi connectivity index (χ0n) is 12.9. The molecule has 0 aliphatic heterocycles. The summed E-state index contributed by atoms with van der Waals surface area (Å²) in [5.41, 5.74) is 1.88. The molecule has 0 saturated heterocycles. The molecule has 0 amide bonds. The van der Waals surface area contributed by atoms with Gasteiger partial charge in [0.15, 0.2) is 0 Å². The Morgan fingerprint density at radius 2 is 1.68 bits per heavy atom. The van der Waals surface area contributed by atoms with Gasteiger partial charge in [0.05, 0.1) is 28.5 Å². The number of benzene rings is 2. The third kappa shape index (κ3) is 2.98. The summed E-state index contributed by atoms with van der Waals surface area (Å²) < 4.78 is 38.6. The van der Waals surface area contributed by atoms with Crippen LogP contribution in [-0.2, 0) is 6.18 Å². The van der Waals surface area contributed by atoms with E-state index in [-0.39, 0.29) is 5.52 Å². The molecule has 25 heavy (non-hydrogen) atoms. The summed E-state index contributed by atoms with van der Waals surface area (Å²) in [7, 11) is 0. The minimum atomic E-state index is -4.39. The number of anilines is 2. The van der Waals surface area contributed by atoms with Gasteiger partial charge in [-0.2, -0.15) is 13.2 Å². The van der Waals surface area contributed by atoms with Gasteiger partial charge in [-0.3, -0.25) is 9.97 Å². The minimum Gasteiger partial charge on any atom is -0.354 e. The molecule has 0 unspecified atom stereocenters. The summed E-state index contributed by atoms with van der Waals surface area (Å²) in [5.74, 6) is 0. The number of fused-ring (bicyclic) bond motifs is 2. The Morgan fingerprint density at radius 1 is 0.840 bits per heavy atom. The lowest BCUT2D eigenvalue weighted by atomic mass is 10.1. The van der Waals surface area contributed by atoms with E-state index >= 15 is 0 Å². The van der Waals surface area contributed by atoms with Gasteiger partial charge in [-0.1, -0.05) is 24.3 Å². The largest absolute Gasteiger partial charge is 0.416 e. The Bertz CT molecular complexity index is 1070. The van der Waals surface area contributed by atoms with Gasteiger partial charge < -0.3 is 5.32 Å². The van der Waals surface area contributed by atoms with Crippen LogP contribution in [0.2, 0.25) is 0 Å². The van der Waals surface area contributed by atoms with Crippen molar-refractivity contribution in [2.75, 3.05) is 5.32 Å². The van der Waals surface area contributed by atoms with Gasteiger partial charge in [-0.25, -0.2) is 0 Å². The maximum Gasteiger partial charge on any atom is 0.416 e. The zero-order chi connectivity index (χ0) is 17.4. The first-order valence-electron chi connectivity index (χ1n) is 7.58. The van der Waals surface area contributed by atoms with E-state index < -0.39 is 11.7 Å². The SMILES string of the molecule is FC(F)(F)c1ccc2c(Nc3cnc4ccccc4c3)ccnc2c1. The number of aromatic nitrogens is 2. The highest BCUT2D eigenvalue weighted by Crippen LogP contribution is 2.33. The van der Waals surface area contributed by atoms with E-state index in [4.69, 9.17) is 0 Å². The summed E-state index contributed by atoms with van der Waals surface area (Å²) in [4.78, 5) is 8.43.